The molecule has 130 valence electrons. The van der Waals surface area contributed by atoms with Gasteiger partial charge in [-0.1, -0.05) is 0 Å². The van der Waals surface area contributed by atoms with Crippen LogP contribution in [0, 0.1) is 5.92 Å². The summed E-state index contributed by atoms with van der Waals surface area (Å²) in [5, 5.41) is 6.04. The number of piperidine rings is 1. The van der Waals surface area contributed by atoms with Gasteiger partial charge in [-0.25, -0.2) is 13.1 Å². The minimum absolute atomic E-state index is 0. The van der Waals surface area contributed by atoms with E-state index in [9.17, 15) is 13.2 Å². The Balaban J connectivity index is 0.00000264. The Morgan fingerprint density at radius 1 is 1.26 bits per heavy atom. The average molecular weight is 362 g/mol. The van der Waals surface area contributed by atoms with Gasteiger partial charge in [0.25, 0.3) is 0 Å². The second-order valence-corrected chi connectivity index (χ2v) is 7.55. The molecule has 1 aliphatic heterocycles. The molecule has 0 saturated carbocycles. The van der Waals surface area contributed by atoms with Crippen LogP contribution in [0.2, 0.25) is 0 Å². The van der Waals surface area contributed by atoms with Crippen molar-refractivity contribution in [3.63, 3.8) is 0 Å². The molecule has 0 bridgehead atoms. The summed E-state index contributed by atoms with van der Waals surface area (Å²) in [5.41, 5.74) is 0.610. The number of anilines is 1. The number of sulfonamides is 1. The van der Waals surface area contributed by atoms with Gasteiger partial charge in [0.15, 0.2) is 0 Å². The molecule has 23 heavy (non-hydrogen) atoms. The second-order valence-electron chi connectivity index (χ2n) is 5.83. The Hall–Kier alpha value is -1.15. The standard InChI is InChI=1S/C15H23N3O3S.ClH/c1-11(2)18-22(20,21)14-7-5-13(6-8-14)17-15(19)12-4-3-9-16-10-12;/h5-8,11-12,16,18H,3-4,9-10H2,1-2H3,(H,17,19);1H/t12-;/m1./s1. The van der Waals surface area contributed by atoms with E-state index in [0.29, 0.717) is 12.2 Å². The van der Waals surface area contributed by atoms with Gasteiger partial charge in [-0.15, -0.1) is 12.4 Å². The summed E-state index contributed by atoms with van der Waals surface area (Å²) in [6.45, 7) is 5.19. The fourth-order valence-electron chi connectivity index (χ4n) is 2.42. The zero-order valence-electron chi connectivity index (χ0n) is 13.3. The minimum atomic E-state index is -3.50. The van der Waals surface area contributed by atoms with Gasteiger partial charge in [-0.3, -0.25) is 4.79 Å². The van der Waals surface area contributed by atoms with Gasteiger partial charge in [-0.2, -0.15) is 0 Å². The van der Waals surface area contributed by atoms with E-state index in [4.69, 9.17) is 0 Å². The number of hydrogen-bond acceptors (Lipinski definition) is 4. The molecule has 1 fully saturated rings. The fourth-order valence-corrected chi connectivity index (χ4v) is 3.67. The van der Waals surface area contributed by atoms with Crippen LogP contribution in [0.25, 0.3) is 0 Å². The summed E-state index contributed by atoms with van der Waals surface area (Å²) in [5.74, 6) is -0.0529. The van der Waals surface area contributed by atoms with Crippen molar-refractivity contribution in [1.29, 1.82) is 0 Å². The summed E-state index contributed by atoms with van der Waals surface area (Å²) < 4.78 is 26.6. The van der Waals surface area contributed by atoms with Crippen LogP contribution in [0.5, 0.6) is 0 Å². The Bertz CT molecular complexity index is 611. The Morgan fingerprint density at radius 2 is 1.91 bits per heavy atom. The molecule has 1 aromatic rings. The maximum absolute atomic E-state index is 12.1. The number of nitrogens with one attached hydrogen (secondary N) is 3. The predicted octanol–water partition coefficient (Wildman–Crippen LogP) is 1.73. The van der Waals surface area contributed by atoms with Crippen molar-refractivity contribution < 1.29 is 13.2 Å². The molecule has 1 heterocycles. The molecular weight excluding hydrogens is 338 g/mol. The highest BCUT2D eigenvalue weighted by molar-refractivity contribution is 7.89. The number of carbonyl (C=O) groups is 1. The molecule has 6 nitrogen and oxygen atoms in total. The van der Waals surface area contributed by atoms with Crippen LogP contribution in [0.3, 0.4) is 0 Å². The van der Waals surface area contributed by atoms with Crippen molar-refractivity contribution >= 4 is 34.0 Å². The lowest BCUT2D eigenvalue weighted by atomic mass is 9.99. The number of benzene rings is 1. The van der Waals surface area contributed by atoms with Gasteiger partial charge in [0.05, 0.1) is 10.8 Å². The van der Waals surface area contributed by atoms with Crippen molar-refractivity contribution in [3.05, 3.63) is 24.3 Å². The van der Waals surface area contributed by atoms with E-state index in [2.05, 4.69) is 15.4 Å². The predicted molar refractivity (Wildman–Crippen MR) is 93.4 cm³/mol. The van der Waals surface area contributed by atoms with Crippen LogP contribution in [0.1, 0.15) is 26.7 Å². The number of hydrogen-bond donors (Lipinski definition) is 3. The SMILES string of the molecule is CC(C)NS(=O)(=O)c1ccc(NC(=O)[C@@H]2CCCNC2)cc1.Cl. The zero-order chi connectivity index (χ0) is 16.2. The molecule has 1 amide bonds. The topological polar surface area (TPSA) is 87.3 Å². The van der Waals surface area contributed by atoms with E-state index in [1.54, 1.807) is 26.0 Å². The highest BCUT2D eigenvalue weighted by Crippen LogP contribution is 2.17. The van der Waals surface area contributed by atoms with Crippen LogP contribution in [0.4, 0.5) is 5.69 Å². The number of halogens is 1. The fraction of sp³-hybridized carbons (Fsp3) is 0.533. The van der Waals surface area contributed by atoms with Gasteiger partial charge in [0, 0.05) is 18.3 Å². The summed E-state index contributed by atoms with van der Waals surface area (Å²) in [7, 11) is -3.50. The molecule has 0 spiro atoms. The van der Waals surface area contributed by atoms with Gasteiger partial charge in [0.1, 0.15) is 0 Å². The highest BCUT2D eigenvalue weighted by Gasteiger charge is 2.21. The van der Waals surface area contributed by atoms with Crippen molar-refractivity contribution in [1.82, 2.24) is 10.0 Å². The van der Waals surface area contributed by atoms with E-state index < -0.39 is 10.0 Å². The maximum Gasteiger partial charge on any atom is 0.240 e. The smallest absolute Gasteiger partial charge is 0.240 e. The third kappa shape index (κ3) is 5.76. The van der Waals surface area contributed by atoms with Crippen molar-refractivity contribution in [2.24, 2.45) is 5.92 Å². The lowest BCUT2D eigenvalue weighted by Gasteiger charge is -2.21. The van der Waals surface area contributed by atoms with Crippen LogP contribution in [-0.4, -0.2) is 33.5 Å². The summed E-state index contributed by atoms with van der Waals surface area (Å²) in [6, 6.07) is 6.06. The molecule has 1 saturated heterocycles. The molecule has 3 N–H and O–H groups in total. The largest absolute Gasteiger partial charge is 0.326 e. The third-order valence-corrected chi connectivity index (χ3v) is 5.17. The van der Waals surface area contributed by atoms with Crippen LogP contribution in [-0.2, 0) is 14.8 Å². The summed E-state index contributed by atoms with van der Waals surface area (Å²) in [6.07, 6.45) is 1.87. The number of amides is 1. The highest BCUT2D eigenvalue weighted by atomic mass is 35.5. The average Bonchev–Trinajstić information content (AvgIpc) is 2.47. The van der Waals surface area contributed by atoms with Crippen LogP contribution >= 0.6 is 12.4 Å². The molecule has 0 aliphatic carbocycles. The zero-order valence-corrected chi connectivity index (χ0v) is 15.0. The summed E-state index contributed by atoms with van der Waals surface area (Å²) >= 11 is 0. The molecule has 8 heteroatoms. The Kier molecular flexibility index (Phi) is 7.47. The first-order valence-corrected chi connectivity index (χ1v) is 9.01. The van der Waals surface area contributed by atoms with Crippen molar-refractivity contribution in [2.75, 3.05) is 18.4 Å². The lowest BCUT2D eigenvalue weighted by Crippen LogP contribution is -2.37. The first kappa shape index (κ1) is 19.9. The monoisotopic (exact) mass is 361 g/mol. The van der Waals surface area contributed by atoms with Crippen molar-refractivity contribution in [3.8, 4) is 0 Å². The normalized spacial score (nSPS) is 18.3. The summed E-state index contributed by atoms with van der Waals surface area (Å²) in [4.78, 5) is 12.3. The van der Waals surface area contributed by atoms with Crippen molar-refractivity contribution in [2.45, 2.75) is 37.6 Å². The maximum atomic E-state index is 12.1. The second kappa shape index (κ2) is 8.63. The first-order chi connectivity index (χ1) is 10.4. The molecule has 0 unspecified atom stereocenters. The minimum Gasteiger partial charge on any atom is -0.326 e. The molecular formula is C15H24ClN3O3S. The van der Waals surface area contributed by atoms with Gasteiger partial charge in [0.2, 0.25) is 15.9 Å². The van der Waals surface area contributed by atoms with Crippen LogP contribution < -0.4 is 15.4 Å². The van der Waals surface area contributed by atoms with Gasteiger partial charge < -0.3 is 10.6 Å². The Morgan fingerprint density at radius 3 is 2.43 bits per heavy atom. The van der Waals surface area contributed by atoms with Gasteiger partial charge >= 0.3 is 0 Å². The molecule has 2 rings (SSSR count). The Labute approximate surface area is 143 Å². The number of carbonyl (C=O) groups excluding carboxylic acids is 1. The van der Waals surface area contributed by atoms with E-state index in [1.165, 1.54) is 12.1 Å². The van der Waals surface area contributed by atoms with Crippen LogP contribution in [0.15, 0.2) is 29.2 Å². The quantitative estimate of drug-likeness (QED) is 0.745. The lowest BCUT2D eigenvalue weighted by molar-refractivity contribution is -0.120. The van der Waals surface area contributed by atoms with E-state index in [0.717, 1.165) is 19.4 Å². The molecule has 0 aromatic heterocycles. The molecule has 1 aliphatic rings. The van der Waals surface area contributed by atoms with Gasteiger partial charge in [-0.05, 0) is 57.5 Å². The molecule has 1 atom stereocenters. The number of rotatable bonds is 5. The molecule has 0 radical (unpaired) electrons. The first-order valence-electron chi connectivity index (χ1n) is 7.52. The van der Waals surface area contributed by atoms with E-state index >= 15 is 0 Å². The third-order valence-electron chi connectivity index (χ3n) is 3.49. The molecule has 1 aromatic carbocycles. The van der Waals surface area contributed by atoms with E-state index in [-0.39, 0.29) is 35.2 Å². The van der Waals surface area contributed by atoms with E-state index in [1.807, 2.05) is 0 Å².